The summed E-state index contributed by atoms with van der Waals surface area (Å²) in [7, 11) is 2.36. The zero-order valence-corrected chi connectivity index (χ0v) is 10.4. The minimum Gasteiger partial charge on any atom is -0.383 e. The molecule has 16 heavy (non-hydrogen) atoms. The molecule has 1 atom stereocenters. The summed E-state index contributed by atoms with van der Waals surface area (Å²) in [5.41, 5.74) is 6.62. The molecule has 0 aromatic heterocycles. The monoisotopic (exact) mass is 242 g/mol. The van der Waals surface area contributed by atoms with Crippen LogP contribution in [0.15, 0.2) is 16.3 Å². The lowest BCUT2D eigenvalue weighted by Crippen LogP contribution is -2.41. The number of rotatable bonds is 4. The molecular formula is C9H15N4O2P. The molecule has 6 nitrogen and oxygen atoms in total. The van der Waals surface area contributed by atoms with Crippen LogP contribution < -0.4 is 10.8 Å². The van der Waals surface area contributed by atoms with E-state index in [-0.39, 0.29) is 5.84 Å². The number of hydrogen-bond acceptors (Lipinski definition) is 3. The van der Waals surface area contributed by atoms with Crippen LogP contribution in [0.4, 0.5) is 0 Å². The summed E-state index contributed by atoms with van der Waals surface area (Å²) in [6.45, 7) is 4.11. The van der Waals surface area contributed by atoms with Crippen LogP contribution in [0.25, 0.3) is 0 Å². The van der Waals surface area contributed by atoms with Crippen LogP contribution in [-0.4, -0.2) is 35.6 Å². The molecule has 0 bridgehead atoms. The van der Waals surface area contributed by atoms with Gasteiger partial charge in [-0.1, -0.05) is 0 Å². The van der Waals surface area contributed by atoms with Crippen LogP contribution in [0.1, 0.15) is 13.8 Å². The van der Waals surface area contributed by atoms with E-state index in [1.54, 1.807) is 4.90 Å². The first kappa shape index (κ1) is 12.6. The Labute approximate surface area is 96.2 Å². The zero-order chi connectivity index (χ0) is 12.3. The third-order valence-corrected chi connectivity index (χ3v) is 3.02. The maximum atomic E-state index is 10.9. The Morgan fingerprint density at radius 1 is 1.62 bits per heavy atom. The van der Waals surface area contributed by atoms with Crippen molar-refractivity contribution in [1.82, 2.24) is 9.99 Å². The molecule has 0 aromatic carbocycles. The first-order valence-electron chi connectivity index (χ1n) is 4.68. The number of hydrogen-bond donors (Lipinski definition) is 2. The van der Waals surface area contributed by atoms with E-state index >= 15 is 0 Å². The van der Waals surface area contributed by atoms with E-state index in [9.17, 15) is 9.59 Å². The topological polar surface area (TPSA) is 87.8 Å². The Balaban J connectivity index is 3.21. The number of nitrogens with zero attached hydrogens (tertiary/aromatic N) is 2. The Morgan fingerprint density at radius 3 is 2.69 bits per heavy atom. The lowest BCUT2D eigenvalue weighted by Gasteiger charge is -2.30. The van der Waals surface area contributed by atoms with Gasteiger partial charge in [-0.15, -0.1) is 0 Å². The molecule has 0 fully saturated rings. The van der Waals surface area contributed by atoms with E-state index in [1.807, 2.05) is 13.8 Å². The van der Waals surface area contributed by atoms with Crippen molar-refractivity contribution in [2.75, 3.05) is 6.54 Å². The maximum absolute atomic E-state index is 10.9. The van der Waals surface area contributed by atoms with Gasteiger partial charge in [-0.2, -0.15) is 4.99 Å². The molecule has 1 rings (SSSR count). The lowest BCUT2D eigenvalue weighted by atomic mass is 10.0. The number of amidine groups is 1. The van der Waals surface area contributed by atoms with Gasteiger partial charge in [-0.3, -0.25) is 9.59 Å². The molecule has 1 aliphatic heterocycles. The van der Waals surface area contributed by atoms with Crippen molar-refractivity contribution in [2.45, 2.75) is 19.4 Å². The van der Waals surface area contributed by atoms with E-state index in [4.69, 9.17) is 5.73 Å². The van der Waals surface area contributed by atoms with Gasteiger partial charge in [-0.05, 0) is 23.2 Å². The van der Waals surface area contributed by atoms with Crippen molar-refractivity contribution >= 4 is 28.0 Å². The van der Waals surface area contributed by atoms with Crippen LogP contribution in [0.2, 0.25) is 0 Å². The van der Waals surface area contributed by atoms with Crippen LogP contribution in [0.3, 0.4) is 0 Å². The molecule has 2 amide bonds. The molecule has 1 unspecified atom stereocenters. The summed E-state index contributed by atoms with van der Waals surface area (Å²) < 4.78 is 0. The number of nitrogens with two attached hydrogens (primary N) is 1. The number of carbonyl (C=O) groups is 2. The van der Waals surface area contributed by atoms with Crippen molar-refractivity contribution in [2.24, 2.45) is 10.7 Å². The van der Waals surface area contributed by atoms with Crippen LogP contribution >= 0.6 is 9.39 Å². The fourth-order valence-corrected chi connectivity index (χ4v) is 2.26. The molecular weight excluding hydrogens is 227 g/mol. The minimum absolute atomic E-state index is 0.136. The summed E-state index contributed by atoms with van der Waals surface area (Å²) >= 11 is 0. The van der Waals surface area contributed by atoms with Crippen LogP contribution in [0.5, 0.6) is 0 Å². The number of aliphatic imine (C=N–C) groups is 1. The van der Waals surface area contributed by atoms with Gasteiger partial charge in [0.05, 0.1) is 12.1 Å². The molecule has 0 saturated heterocycles. The molecule has 88 valence electrons. The average molecular weight is 242 g/mol. The quantitative estimate of drug-likeness (QED) is 0.298. The summed E-state index contributed by atoms with van der Waals surface area (Å²) in [6, 6.07) is 0. The average Bonchev–Trinajstić information content (AvgIpc) is 2.49. The second-order valence-corrected chi connectivity index (χ2v) is 4.20. The summed E-state index contributed by atoms with van der Waals surface area (Å²) in [6.07, 6.45) is 1.14. The molecule has 0 radical (unpaired) electrons. The van der Waals surface area contributed by atoms with Gasteiger partial charge < -0.3 is 15.7 Å². The highest BCUT2D eigenvalue weighted by atomic mass is 31.0. The third-order valence-electron chi connectivity index (χ3n) is 2.73. The van der Waals surface area contributed by atoms with Crippen molar-refractivity contribution in [3.8, 4) is 0 Å². The Hall–Kier alpha value is -1.42. The zero-order valence-electron chi connectivity index (χ0n) is 9.23. The van der Waals surface area contributed by atoms with E-state index in [2.05, 4.69) is 19.5 Å². The largest absolute Gasteiger partial charge is 0.383 e. The SMILES string of the molecule is CC1(C)C(NP)=C(C(N)=NC=O)CN1C=O. The van der Waals surface area contributed by atoms with Gasteiger partial charge in [0.1, 0.15) is 5.84 Å². The van der Waals surface area contributed by atoms with Gasteiger partial charge in [0.2, 0.25) is 12.8 Å². The second-order valence-electron chi connectivity index (χ2n) is 3.91. The lowest BCUT2D eigenvalue weighted by molar-refractivity contribution is -0.120. The molecule has 1 aliphatic rings. The molecule has 3 N–H and O–H groups in total. The number of carbonyl (C=O) groups excluding carboxylic acids is 2. The highest BCUT2D eigenvalue weighted by Crippen LogP contribution is 2.31. The molecule has 7 heteroatoms. The third kappa shape index (κ3) is 1.93. The van der Waals surface area contributed by atoms with Crippen molar-refractivity contribution in [3.63, 3.8) is 0 Å². The van der Waals surface area contributed by atoms with Crippen molar-refractivity contribution in [1.29, 1.82) is 0 Å². The van der Waals surface area contributed by atoms with Crippen molar-refractivity contribution < 1.29 is 9.59 Å². The smallest absolute Gasteiger partial charge is 0.234 e. The summed E-state index contributed by atoms with van der Waals surface area (Å²) in [5, 5.41) is 2.93. The fraction of sp³-hybridized carbons (Fsp3) is 0.444. The molecule has 0 spiro atoms. The van der Waals surface area contributed by atoms with E-state index in [0.29, 0.717) is 18.5 Å². The predicted molar refractivity (Wildman–Crippen MR) is 64.4 cm³/mol. The Bertz CT molecular complexity index is 376. The fourth-order valence-electron chi connectivity index (χ4n) is 1.74. The summed E-state index contributed by atoms with van der Waals surface area (Å²) in [4.78, 5) is 26.3. The maximum Gasteiger partial charge on any atom is 0.234 e. The first-order chi connectivity index (χ1) is 7.48. The van der Waals surface area contributed by atoms with Gasteiger partial charge in [-0.25, -0.2) is 0 Å². The molecule has 0 saturated carbocycles. The summed E-state index contributed by atoms with van der Waals surface area (Å²) in [5.74, 6) is 0.136. The molecule has 1 heterocycles. The second kappa shape index (κ2) is 4.61. The van der Waals surface area contributed by atoms with E-state index in [0.717, 1.165) is 12.1 Å². The van der Waals surface area contributed by atoms with Gasteiger partial charge in [0.15, 0.2) is 0 Å². The van der Waals surface area contributed by atoms with Gasteiger partial charge >= 0.3 is 0 Å². The highest BCUT2D eigenvalue weighted by molar-refractivity contribution is 7.14. The minimum atomic E-state index is -0.484. The first-order valence-corrected chi connectivity index (χ1v) is 5.26. The van der Waals surface area contributed by atoms with Crippen molar-refractivity contribution in [3.05, 3.63) is 11.3 Å². The standard InChI is InChI=1S/C9H15N4O2P/c1-9(2)7(12-16)6(3-13(9)5-15)8(10)11-4-14/h4-5,12H,3,16H2,1-2H3,(H2,10,11,14). The Morgan fingerprint density at radius 2 is 2.25 bits per heavy atom. The highest BCUT2D eigenvalue weighted by Gasteiger charge is 2.39. The van der Waals surface area contributed by atoms with Crippen LogP contribution in [-0.2, 0) is 9.59 Å². The normalized spacial score (nSPS) is 19.9. The molecule has 0 aliphatic carbocycles. The van der Waals surface area contributed by atoms with E-state index < -0.39 is 5.54 Å². The Kier molecular flexibility index (Phi) is 3.65. The number of amides is 2. The van der Waals surface area contributed by atoms with E-state index in [1.165, 1.54) is 0 Å². The van der Waals surface area contributed by atoms with Gasteiger partial charge in [0, 0.05) is 11.3 Å². The van der Waals surface area contributed by atoms with Gasteiger partial charge in [0.25, 0.3) is 0 Å². The predicted octanol–water partition coefficient (Wildman–Crippen LogP) is -0.616. The number of nitrogens with one attached hydrogen (secondary N) is 1. The molecule has 0 aromatic rings. The van der Waals surface area contributed by atoms with Crippen LogP contribution in [0, 0.1) is 0 Å².